The summed E-state index contributed by atoms with van der Waals surface area (Å²) in [5.41, 5.74) is 0.326. The average molecular weight is 175 g/mol. The van der Waals surface area contributed by atoms with Crippen LogP contribution in [0.3, 0.4) is 0 Å². The van der Waals surface area contributed by atoms with E-state index >= 15 is 0 Å². The number of hydrogen-bond acceptors (Lipinski definition) is 4. The smallest absolute Gasteiger partial charge is 0.262 e. The van der Waals surface area contributed by atoms with E-state index in [1.54, 1.807) is 12.1 Å². The molecule has 0 unspecified atom stereocenters. The number of nitrogens with zero attached hydrogens (tertiary/aromatic N) is 1. The van der Waals surface area contributed by atoms with E-state index in [0.717, 1.165) is 0 Å². The number of nitriles is 1. The summed E-state index contributed by atoms with van der Waals surface area (Å²) in [7, 11) is 0. The van der Waals surface area contributed by atoms with Gasteiger partial charge in [-0.05, 0) is 18.2 Å². The molecule has 0 radical (unpaired) electrons. The molecule has 0 N–H and O–H groups in total. The topological polar surface area (TPSA) is 59.3 Å². The third-order valence-corrected chi connectivity index (χ3v) is 1.74. The number of ketones is 1. The predicted molar refractivity (Wildman–Crippen MR) is 42.5 cm³/mol. The van der Waals surface area contributed by atoms with Crippen LogP contribution in [0.5, 0.6) is 11.5 Å². The monoisotopic (exact) mass is 175 g/mol. The Morgan fingerprint density at radius 1 is 1.38 bits per heavy atom. The molecule has 13 heavy (non-hydrogen) atoms. The van der Waals surface area contributed by atoms with Gasteiger partial charge in [0.1, 0.15) is 6.07 Å². The first-order valence-electron chi connectivity index (χ1n) is 3.65. The molecule has 1 aliphatic rings. The first-order chi connectivity index (χ1) is 6.31. The summed E-state index contributed by atoms with van der Waals surface area (Å²) in [4.78, 5) is 11.0. The van der Waals surface area contributed by atoms with Crippen LogP contribution in [0.1, 0.15) is 10.4 Å². The molecular formula is C9H5NO3. The van der Waals surface area contributed by atoms with Gasteiger partial charge in [-0.1, -0.05) is 0 Å². The molecule has 0 atom stereocenters. The van der Waals surface area contributed by atoms with Crippen molar-refractivity contribution in [3.63, 3.8) is 0 Å². The number of hydrogen-bond donors (Lipinski definition) is 0. The van der Waals surface area contributed by atoms with Gasteiger partial charge in [-0.25, -0.2) is 0 Å². The van der Waals surface area contributed by atoms with E-state index in [1.165, 1.54) is 12.1 Å². The van der Waals surface area contributed by atoms with Crippen molar-refractivity contribution < 1.29 is 14.3 Å². The molecule has 0 fully saturated rings. The predicted octanol–water partition coefficient (Wildman–Crippen LogP) is 1.12. The summed E-state index contributed by atoms with van der Waals surface area (Å²) < 4.78 is 10.1. The summed E-state index contributed by atoms with van der Waals surface area (Å²) in [5, 5.41) is 8.37. The lowest BCUT2D eigenvalue weighted by molar-refractivity contribution is 0.105. The maximum atomic E-state index is 11.0. The van der Waals surface area contributed by atoms with Crippen LogP contribution in [-0.4, -0.2) is 12.6 Å². The molecule has 1 aromatic rings. The highest BCUT2D eigenvalue weighted by Crippen LogP contribution is 2.32. The Labute approximate surface area is 74.3 Å². The molecule has 0 aliphatic carbocycles. The Kier molecular flexibility index (Phi) is 1.64. The van der Waals surface area contributed by atoms with Crippen molar-refractivity contribution in [3.05, 3.63) is 23.8 Å². The first-order valence-corrected chi connectivity index (χ1v) is 3.65. The molecule has 0 saturated carbocycles. The van der Waals surface area contributed by atoms with Gasteiger partial charge in [-0.2, -0.15) is 5.26 Å². The standard InChI is InChI=1S/C9H5NO3/c10-4-7(11)6-1-2-8-9(3-6)13-5-12-8/h1-3H,5H2. The number of fused-ring (bicyclic) bond motifs is 1. The van der Waals surface area contributed by atoms with E-state index in [9.17, 15) is 4.79 Å². The Hall–Kier alpha value is -2.02. The lowest BCUT2D eigenvalue weighted by atomic mass is 10.1. The van der Waals surface area contributed by atoms with Crippen LogP contribution >= 0.6 is 0 Å². The number of Topliss-reactive ketones (excluding diaryl/α,β-unsaturated/α-hetero) is 1. The molecule has 64 valence electrons. The van der Waals surface area contributed by atoms with E-state index in [2.05, 4.69) is 0 Å². The number of ether oxygens (including phenoxy) is 2. The van der Waals surface area contributed by atoms with Gasteiger partial charge >= 0.3 is 0 Å². The van der Waals surface area contributed by atoms with Crippen LogP contribution in [0.15, 0.2) is 18.2 Å². The maximum absolute atomic E-state index is 11.0. The van der Waals surface area contributed by atoms with Gasteiger partial charge in [0.25, 0.3) is 5.78 Å². The van der Waals surface area contributed by atoms with Gasteiger partial charge in [-0.3, -0.25) is 4.79 Å². The van der Waals surface area contributed by atoms with Gasteiger partial charge in [0.05, 0.1) is 0 Å². The number of rotatable bonds is 1. The van der Waals surface area contributed by atoms with Crippen LogP contribution < -0.4 is 9.47 Å². The second kappa shape index (κ2) is 2.79. The van der Waals surface area contributed by atoms with Crippen molar-refractivity contribution >= 4 is 5.78 Å². The van der Waals surface area contributed by atoms with E-state index in [4.69, 9.17) is 14.7 Å². The fraction of sp³-hybridized carbons (Fsp3) is 0.111. The highest BCUT2D eigenvalue weighted by Gasteiger charge is 2.15. The van der Waals surface area contributed by atoms with Crippen molar-refractivity contribution in [3.8, 4) is 17.6 Å². The number of carbonyl (C=O) groups excluding carboxylic acids is 1. The second-order valence-corrected chi connectivity index (χ2v) is 2.51. The molecule has 0 bridgehead atoms. The van der Waals surface area contributed by atoms with Crippen LogP contribution in [0.2, 0.25) is 0 Å². The van der Waals surface area contributed by atoms with Crippen LogP contribution in [0.4, 0.5) is 0 Å². The van der Waals surface area contributed by atoms with E-state index in [0.29, 0.717) is 17.1 Å². The Morgan fingerprint density at radius 2 is 2.15 bits per heavy atom. The molecule has 0 spiro atoms. The molecule has 0 saturated heterocycles. The lowest BCUT2D eigenvalue weighted by Gasteiger charge is -1.96. The molecule has 1 aliphatic heterocycles. The number of carbonyl (C=O) groups is 1. The summed E-state index contributed by atoms with van der Waals surface area (Å²) >= 11 is 0. The summed E-state index contributed by atoms with van der Waals surface area (Å²) in [6, 6.07) is 6.20. The van der Waals surface area contributed by atoms with Gasteiger partial charge in [-0.15, -0.1) is 0 Å². The van der Waals surface area contributed by atoms with Gasteiger partial charge in [0.2, 0.25) is 6.79 Å². The summed E-state index contributed by atoms with van der Waals surface area (Å²) in [6.45, 7) is 0.166. The Balaban J connectivity index is 2.43. The van der Waals surface area contributed by atoms with Crippen LogP contribution in [-0.2, 0) is 0 Å². The molecule has 4 nitrogen and oxygen atoms in total. The van der Waals surface area contributed by atoms with E-state index in [-0.39, 0.29) is 6.79 Å². The Bertz CT molecular complexity index is 406. The maximum Gasteiger partial charge on any atom is 0.262 e. The highest BCUT2D eigenvalue weighted by molar-refractivity contribution is 6.07. The van der Waals surface area contributed by atoms with Gasteiger partial charge in [0.15, 0.2) is 11.5 Å². The van der Waals surface area contributed by atoms with Gasteiger partial charge < -0.3 is 9.47 Å². The summed E-state index contributed by atoms with van der Waals surface area (Å²) in [5.74, 6) is 0.550. The largest absolute Gasteiger partial charge is 0.454 e. The SMILES string of the molecule is N#CC(=O)c1ccc2c(c1)OCO2. The quantitative estimate of drug-likeness (QED) is 0.474. The summed E-state index contributed by atoms with van der Waals surface area (Å²) in [6.07, 6.45) is 0. The second-order valence-electron chi connectivity index (χ2n) is 2.51. The molecule has 1 heterocycles. The van der Waals surface area contributed by atoms with Crippen molar-refractivity contribution in [2.75, 3.05) is 6.79 Å². The molecule has 0 amide bonds. The van der Waals surface area contributed by atoms with Crippen molar-refractivity contribution in [2.24, 2.45) is 0 Å². The zero-order chi connectivity index (χ0) is 9.26. The average Bonchev–Trinajstić information content (AvgIpc) is 2.63. The van der Waals surface area contributed by atoms with Crippen molar-refractivity contribution in [1.82, 2.24) is 0 Å². The highest BCUT2D eigenvalue weighted by atomic mass is 16.7. The lowest BCUT2D eigenvalue weighted by Crippen LogP contribution is -1.94. The third-order valence-electron chi connectivity index (χ3n) is 1.74. The molecular weight excluding hydrogens is 170 g/mol. The zero-order valence-corrected chi connectivity index (χ0v) is 6.61. The minimum absolute atomic E-state index is 0.166. The van der Waals surface area contributed by atoms with Crippen LogP contribution in [0.25, 0.3) is 0 Å². The minimum atomic E-state index is -0.571. The third kappa shape index (κ3) is 1.20. The molecule has 0 aromatic heterocycles. The fourth-order valence-electron chi connectivity index (χ4n) is 1.10. The van der Waals surface area contributed by atoms with Crippen molar-refractivity contribution in [1.29, 1.82) is 5.26 Å². The van der Waals surface area contributed by atoms with E-state index < -0.39 is 5.78 Å². The fourth-order valence-corrected chi connectivity index (χ4v) is 1.10. The molecule has 2 rings (SSSR count). The zero-order valence-electron chi connectivity index (χ0n) is 6.61. The molecule has 4 heteroatoms. The normalized spacial score (nSPS) is 12.2. The first kappa shape index (κ1) is 7.62. The number of benzene rings is 1. The van der Waals surface area contributed by atoms with Gasteiger partial charge in [0, 0.05) is 5.56 Å². The Morgan fingerprint density at radius 3 is 2.92 bits per heavy atom. The van der Waals surface area contributed by atoms with Crippen molar-refractivity contribution in [2.45, 2.75) is 0 Å². The minimum Gasteiger partial charge on any atom is -0.454 e. The van der Waals surface area contributed by atoms with Crippen LogP contribution in [0, 0.1) is 11.3 Å². The molecule has 1 aromatic carbocycles. The van der Waals surface area contributed by atoms with E-state index in [1.807, 2.05) is 0 Å².